The second kappa shape index (κ2) is 10.4. The van der Waals surface area contributed by atoms with Crippen LogP contribution in [0.15, 0.2) is 24.3 Å². The van der Waals surface area contributed by atoms with E-state index in [2.05, 4.69) is 10.6 Å². The van der Waals surface area contributed by atoms with Crippen LogP contribution in [0.3, 0.4) is 0 Å². The Morgan fingerprint density at radius 1 is 1.19 bits per heavy atom. The molecule has 0 saturated carbocycles. The SMILES string of the molecule is CNC(=O)[C@H](C(C)C)N(C)C(=O)OCc1ccc(NC(=O)CCO)cc1. The maximum Gasteiger partial charge on any atom is 0.410 e. The molecule has 3 N–H and O–H groups in total. The molecular formula is C18H27N3O5. The Morgan fingerprint density at radius 2 is 1.81 bits per heavy atom. The molecule has 8 nitrogen and oxygen atoms in total. The topological polar surface area (TPSA) is 108 Å². The molecule has 8 heteroatoms. The third kappa shape index (κ3) is 6.36. The Bertz CT molecular complexity index is 616. The van der Waals surface area contributed by atoms with Gasteiger partial charge in [-0.15, -0.1) is 0 Å². The minimum Gasteiger partial charge on any atom is -0.445 e. The zero-order chi connectivity index (χ0) is 19.7. The van der Waals surface area contributed by atoms with Crippen LogP contribution in [0.25, 0.3) is 0 Å². The van der Waals surface area contributed by atoms with Crippen molar-refractivity contribution in [3.05, 3.63) is 29.8 Å². The predicted molar refractivity (Wildman–Crippen MR) is 97.4 cm³/mol. The molecule has 0 saturated heterocycles. The van der Waals surface area contributed by atoms with Gasteiger partial charge in [0.25, 0.3) is 0 Å². The van der Waals surface area contributed by atoms with E-state index in [0.29, 0.717) is 5.69 Å². The highest BCUT2D eigenvalue weighted by Gasteiger charge is 2.29. The second-order valence-corrected chi connectivity index (χ2v) is 6.19. The van der Waals surface area contributed by atoms with Crippen LogP contribution in [0.1, 0.15) is 25.8 Å². The average molecular weight is 365 g/mol. The third-order valence-electron chi connectivity index (χ3n) is 3.79. The molecule has 0 heterocycles. The highest BCUT2D eigenvalue weighted by atomic mass is 16.6. The van der Waals surface area contributed by atoms with Gasteiger partial charge in [0.15, 0.2) is 0 Å². The number of benzene rings is 1. The molecular weight excluding hydrogens is 338 g/mol. The second-order valence-electron chi connectivity index (χ2n) is 6.19. The maximum absolute atomic E-state index is 12.2. The van der Waals surface area contributed by atoms with Crippen molar-refractivity contribution < 1.29 is 24.2 Å². The van der Waals surface area contributed by atoms with E-state index >= 15 is 0 Å². The molecule has 0 aromatic heterocycles. The summed E-state index contributed by atoms with van der Waals surface area (Å²) in [4.78, 5) is 36.8. The van der Waals surface area contributed by atoms with Crippen molar-refractivity contribution in [1.82, 2.24) is 10.2 Å². The van der Waals surface area contributed by atoms with Gasteiger partial charge in [-0.1, -0.05) is 26.0 Å². The van der Waals surface area contributed by atoms with Crippen LogP contribution in [-0.2, 0) is 20.9 Å². The summed E-state index contributed by atoms with van der Waals surface area (Å²) in [5.41, 5.74) is 1.34. The molecule has 26 heavy (non-hydrogen) atoms. The van der Waals surface area contributed by atoms with Crippen LogP contribution in [0.2, 0.25) is 0 Å². The predicted octanol–water partition coefficient (Wildman–Crippen LogP) is 1.35. The molecule has 0 aliphatic heterocycles. The van der Waals surface area contributed by atoms with Crippen LogP contribution in [-0.4, -0.2) is 54.7 Å². The van der Waals surface area contributed by atoms with Gasteiger partial charge >= 0.3 is 6.09 Å². The molecule has 0 unspecified atom stereocenters. The number of hydrogen-bond acceptors (Lipinski definition) is 5. The summed E-state index contributed by atoms with van der Waals surface area (Å²) >= 11 is 0. The number of anilines is 1. The lowest BCUT2D eigenvalue weighted by Crippen LogP contribution is -2.49. The standard InChI is InChI=1S/C18H27N3O5/c1-12(2)16(17(24)19-3)21(4)18(25)26-11-13-5-7-14(8-6-13)20-15(23)9-10-22/h5-8,12,16,22H,9-11H2,1-4H3,(H,19,24)(H,20,23)/t16-/m0/s1. The van der Waals surface area contributed by atoms with Gasteiger partial charge in [-0.05, 0) is 23.6 Å². The minimum atomic E-state index is -0.614. The van der Waals surface area contributed by atoms with Gasteiger partial charge in [-0.2, -0.15) is 0 Å². The van der Waals surface area contributed by atoms with Crippen LogP contribution < -0.4 is 10.6 Å². The van der Waals surface area contributed by atoms with Gasteiger partial charge in [0.05, 0.1) is 13.0 Å². The van der Waals surface area contributed by atoms with Crippen molar-refractivity contribution in [2.24, 2.45) is 5.92 Å². The van der Waals surface area contributed by atoms with Crippen molar-refractivity contribution >= 4 is 23.6 Å². The normalized spacial score (nSPS) is 11.6. The molecule has 1 aromatic rings. The van der Waals surface area contributed by atoms with E-state index in [0.717, 1.165) is 5.56 Å². The van der Waals surface area contributed by atoms with Crippen LogP contribution >= 0.6 is 0 Å². The molecule has 0 bridgehead atoms. The highest BCUT2D eigenvalue weighted by Crippen LogP contribution is 2.14. The summed E-state index contributed by atoms with van der Waals surface area (Å²) in [7, 11) is 3.06. The summed E-state index contributed by atoms with van der Waals surface area (Å²) < 4.78 is 5.26. The fourth-order valence-corrected chi connectivity index (χ4v) is 2.44. The van der Waals surface area contributed by atoms with E-state index in [1.54, 1.807) is 24.3 Å². The zero-order valence-electron chi connectivity index (χ0n) is 15.6. The Labute approximate surface area is 153 Å². The third-order valence-corrected chi connectivity index (χ3v) is 3.79. The van der Waals surface area contributed by atoms with Crippen LogP contribution in [0, 0.1) is 5.92 Å². The number of rotatable bonds is 8. The largest absolute Gasteiger partial charge is 0.445 e. The van der Waals surface area contributed by atoms with E-state index in [4.69, 9.17) is 9.84 Å². The molecule has 0 fully saturated rings. The zero-order valence-corrected chi connectivity index (χ0v) is 15.6. The fraction of sp³-hybridized carbons (Fsp3) is 0.500. The Balaban J connectivity index is 2.61. The number of aliphatic hydroxyl groups excluding tert-OH is 1. The number of carbonyl (C=O) groups excluding carboxylic acids is 3. The van der Waals surface area contributed by atoms with Crippen molar-refractivity contribution in [2.45, 2.75) is 32.9 Å². The number of likely N-dealkylation sites (N-methyl/N-ethyl adjacent to an activating group) is 2. The van der Waals surface area contributed by atoms with Crippen molar-refractivity contribution in [3.8, 4) is 0 Å². The summed E-state index contributed by atoms with van der Waals surface area (Å²) in [6, 6.07) is 6.20. The monoisotopic (exact) mass is 365 g/mol. The van der Waals surface area contributed by atoms with Gasteiger partial charge in [-0.25, -0.2) is 4.79 Å². The van der Waals surface area contributed by atoms with Gasteiger partial charge in [0, 0.05) is 19.8 Å². The average Bonchev–Trinajstić information content (AvgIpc) is 2.60. The van der Waals surface area contributed by atoms with Gasteiger partial charge < -0.3 is 20.5 Å². The summed E-state index contributed by atoms with van der Waals surface area (Å²) in [6.07, 6.45) is -0.554. The number of aliphatic hydroxyl groups is 1. The van der Waals surface area contributed by atoms with Crippen LogP contribution in [0.5, 0.6) is 0 Å². The van der Waals surface area contributed by atoms with Gasteiger partial charge in [0.2, 0.25) is 11.8 Å². The van der Waals surface area contributed by atoms with E-state index in [1.165, 1.54) is 19.0 Å². The van der Waals surface area contributed by atoms with Gasteiger partial charge in [0.1, 0.15) is 12.6 Å². The fourth-order valence-electron chi connectivity index (χ4n) is 2.44. The molecule has 0 aliphatic rings. The first-order valence-corrected chi connectivity index (χ1v) is 8.41. The van der Waals surface area contributed by atoms with E-state index in [-0.39, 0.29) is 37.4 Å². The number of amides is 3. The Hall–Kier alpha value is -2.61. The van der Waals surface area contributed by atoms with E-state index in [9.17, 15) is 14.4 Å². The first kappa shape index (κ1) is 21.4. The maximum atomic E-state index is 12.2. The number of nitrogens with one attached hydrogen (secondary N) is 2. The lowest BCUT2D eigenvalue weighted by atomic mass is 10.0. The quantitative estimate of drug-likeness (QED) is 0.644. The first-order valence-electron chi connectivity index (χ1n) is 8.41. The molecule has 0 spiro atoms. The van der Waals surface area contributed by atoms with E-state index < -0.39 is 12.1 Å². The molecule has 144 valence electrons. The molecule has 1 aromatic carbocycles. The number of hydrogen-bond donors (Lipinski definition) is 3. The minimum absolute atomic E-state index is 0.0358. The van der Waals surface area contributed by atoms with Crippen molar-refractivity contribution in [3.63, 3.8) is 0 Å². The van der Waals surface area contributed by atoms with E-state index in [1.807, 2.05) is 13.8 Å². The molecule has 0 radical (unpaired) electrons. The van der Waals surface area contributed by atoms with Crippen molar-refractivity contribution in [1.29, 1.82) is 0 Å². The number of nitrogens with zero attached hydrogens (tertiary/aromatic N) is 1. The lowest BCUT2D eigenvalue weighted by Gasteiger charge is -2.28. The molecule has 3 amide bonds. The lowest BCUT2D eigenvalue weighted by molar-refractivity contribution is -0.126. The summed E-state index contributed by atoms with van der Waals surface area (Å²) in [5, 5.41) is 13.9. The highest BCUT2D eigenvalue weighted by molar-refractivity contribution is 5.90. The Kier molecular flexibility index (Phi) is 8.57. The number of ether oxygens (including phenoxy) is 1. The summed E-state index contributed by atoms with van der Waals surface area (Å²) in [6.45, 7) is 3.55. The smallest absolute Gasteiger partial charge is 0.410 e. The van der Waals surface area contributed by atoms with Crippen molar-refractivity contribution in [2.75, 3.05) is 26.0 Å². The van der Waals surface area contributed by atoms with Crippen LogP contribution in [0.4, 0.5) is 10.5 Å². The number of carbonyl (C=O) groups is 3. The molecule has 1 rings (SSSR count). The molecule has 0 aliphatic carbocycles. The Morgan fingerprint density at radius 3 is 2.31 bits per heavy atom. The molecule has 1 atom stereocenters. The first-order chi connectivity index (χ1) is 12.3. The van der Waals surface area contributed by atoms with Gasteiger partial charge in [-0.3, -0.25) is 14.5 Å². The summed E-state index contributed by atoms with van der Waals surface area (Å²) in [5.74, 6) is -0.584.